The van der Waals surface area contributed by atoms with E-state index < -0.39 is 5.60 Å². The van der Waals surface area contributed by atoms with Crippen molar-refractivity contribution in [2.45, 2.75) is 31.3 Å². The topological polar surface area (TPSA) is 70.9 Å². The highest BCUT2D eigenvalue weighted by molar-refractivity contribution is 7.18. The molecule has 0 saturated heterocycles. The number of thiophene rings is 1. The van der Waals surface area contributed by atoms with Crippen molar-refractivity contribution in [1.82, 2.24) is 15.0 Å². The van der Waals surface area contributed by atoms with Crippen molar-refractivity contribution in [1.29, 1.82) is 0 Å². The number of aromatic nitrogens is 3. The largest absolute Gasteiger partial charge is 0.378 e. The standard InChI is InChI=1S/C25H22N4OS/c30-25(12-13-25)11-8-20-17-31-22-21(20)28-23(19-9-15-26-16-10-19)29-24(22)27-14-4-7-18-5-2-1-3-6-18/h1-3,5-6,9-10,15-17,30H,4,7,12-14H2,(H,27,28,29). The fourth-order valence-corrected chi connectivity index (χ4v) is 4.23. The second-order valence-electron chi connectivity index (χ2n) is 7.76. The summed E-state index contributed by atoms with van der Waals surface area (Å²) in [5.41, 5.74) is 3.10. The fourth-order valence-electron chi connectivity index (χ4n) is 3.33. The van der Waals surface area contributed by atoms with Gasteiger partial charge >= 0.3 is 0 Å². The van der Waals surface area contributed by atoms with E-state index in [1.165, 1.54) is 5.56 Å². The van der Waals surface area contributed by atoms with Crippen molar-refractivity contribution in [2.75, 3.05) is 11.9 Å². The van der Waals surface area contributed by atoms with Crippen LogP contribution in [0.2, 0.25) is 0 Å². The maximum Gasteiger partial charge on any atom is 0.162 e. The Morgan fingerprint density at radius 1 is 1.06 bits per heavy atom. The highest BCUT2D eigenvalue weighted by Gasteiger charge is 2.38. The zero-order chi connectivity index (χ0) is 21.1. The van der Waals surface area contributed by atoms with Gasteiger partial charge in [0.25, 0.3) is 0 Å². The number of pyridine rings is 1. The zero-order valence-electron chi connectivity index (χ0n) is 17.0. The number of nitrogens with one attached hydrogen (secondary N) is 1. The summed E-state index contributed by atoms with van der Waals surface area (Å²) in [5.74, 6) is 7.62. The quantitative estimate of drug-likeness (QED) is 0.346. The third-order valence-electron chi connectivity index (χ3n) is 5.28. The van der Waals surface area contributed by atoms with E-state index in [1.807, 2.05) is 23.6 Å². The van der Waals surface area contributed by atoms with Crippen LogP contribution in [0.5, 0.6) is 0 Å². The minimum Gasteiger partial charge on any atom is -0.378 e. The van der Waals surface area contributed by atoms with Gasteiger partial charge in [0.05, 0.1) is 10.3 Å². The molecule has 0 unspecified atom stereocenters. The number of anilines is 1. The average molecular weight is 427 g/mol. The van der Waals surface area contributed by atoms with Crippen LogP contribution in [0.25, 0.3) is 21.6 Å². The van der Waals surface area contributed by atoms with Crippen LogP contribution in [-0.4, -0.2) is 32.2 Å². The molecule has 1 fully saturated rings. The van der Waals surface area contributed by atoms with E-state index >= 15 is 0 Å². The van der Waals surface area contributed by atoms with Gasteiger partial charge in [-0.05, 0) is 43.4 Å². The van der Waals surface area contributed by atoms with Gasteiger partial charge in [0.2, 0.25) is 0 Å². The zero-order valence-corrected chi connectivity index (χ0v) is 17.8. The third kappa shape index (κ3) is 4.58. The molecule has 0 aliphatic heterocycles. The van der Waals surface area contributed by atoms with Gasteiger partial charge in [-0.1, -0.05) is 42.2 Å². The van der Waals surface area contributed by atoms with Gasteiger partial charge in [0.15, 0.2) is 5.82 Å². The number of hydrogen-bond donors (Lipinski definition) is 2. The Kier molecular flexibility index (Phi) is 5.37. The number of aliphatic hydroxyl groups is 1. The molecule has 31 heavy (non-hydrogen) atoms. The van der Waals surface area contributed by atoms with Crippen molar-refractivity contribution in [3.05, 3.63) is 71.4 Å². The van der Waals surface area contributed by atoms with Gasteiger partial charge < -0.3 is 10.4 Å². The number of benzene rings is 1. The summed E-state index contributed by atoms with van der Waals surface area (Å²) in [6.07, 6.45) is 6.99. The molecule has 0 spiro atoms. The fraction of sp³-hybridized carbons (Fsp3) is 0.240. The van der Waals surface area contributed by atoms with Crippen LogP contribution in [0.3, 0.4) is 0 Å². The number of rotatable bonds is 6. The van der Waals surface area contributed by atoms with Crippen molar-refractivity contribution < 1.29 is 5.11 Å². The molecule has 0 amide bonds. The molecule has 0 atom stereocenters. The molecule has 5 rings (SSSR count). The molecule has 0 bridgehead atoms. The normalized spacial score (nSPS) is 14.1. The maximum absolute atomic E-state index is 10.1. The van der Waals surface area contributed by atoms with Crippen LogP contribution < -0.4 is 5.32 Å². The average Bonchev–Trinajstić information content (AvgIpc) is 3.41. The van der Waals surface area contributed by atoms with Gasteiger partial charge in [-0.3, -0.25) is 4.98 Å². The summed E-state index contributed by atoms with van der Waals surface area (Å²) >= 11 is 1.59. The summed E-state index contributed by atoms with van der Waals surface area (Å²) in [4.78, 5) is 13.7. The molecule has 2 N–H and O–H groups in total. The molecule has 3 heterocycles. The third-order valence-corrected chi connectivity index (χ3v) is 6.26. The lowest BCUT2D eigenvalue weighted by atomic mass is 10.1. The van der Waals surface area contributed by atoms with Crippen molar-refractivity contribution in [2.24, 2.45) is 0 Å². The predicted octanol–water partition coefficient (Wildman–Crippen LogP) is 4.67. The Morgan fingerprint density at radius 2 is 1.87 bits per heavy atom. The first-order valence-electron chi connectivity index (χ1n) is 10.4. The van der Waals surface area contributed by atoms with Crippen molar-refractivity contribution >= 4 is 27.4 Å². The van der Waals surface area contributed by atoms with Gasteiger partial charge in [-0.25, -0.2) is 9.97 Å². The Labute approximate surface area is 185 Å². The number of aryl methyl sites for hydroxylation is 1. The van der Waals surface area contributed by atoms with Crippen LogP contribution in [0.15, 0.2) is 60.2 Å². The molecule has 1 aliphatic rings. The lowest BCUT2D eigenvalue weighted by Gasteiger charge is -2.09. The molecule has 0 radical (unpaired) electrons. The smallest absolute Gasteiger partial charge is 0.162 e. The summed E-state index contributed by atoms with van der Waals surface area (Å²) in [6, 6.07) is 14.3. The summed E-state index contributed by atoms with van der Waals surface area (Å²) in [6.45, 7) is 0.815. The first-order chi connectivity index (χ1) is 15.2. The lowest BCUT2D eigenvalue weighted by molar-refractivity contribution is 0.212. The van der Waals surface area contributed by atoms with E-state index in [-0.39, 0.29) is 0 Å². The Bertz CT molecular complexity index is 1250. The van der Waals surface area contributed by atoms with E-state index in [9.17, 15) is 5.11 Å². The van der Waals surface area contributed by atoms with Gasteiger partial charge in [-0.15, -0.1) is 11.3 Å². The van der Waals surface area contributed by atoms with E-state index in [0.29, 0.717) is 5.82 Å². The summed E-state index contributed by atoms with van der Waals surface area (Å²) in [7, 11) is 0. The van der Waals surface area contributed by atoms with Crippen molar-refractivity contribution in [3.63, 3.8) is 0 Å². The van der Waals surface area contributed by atoms with Crippen LogP contribution in [0.4, 0.5) is 5.82 Å². The molecule has 6 heteroatoms. The van der Waals surface area contributed by atoms with Crippen LogP contribution in [0, 0.1) is 11.8 Å². The number of fused-ring (bicyclic) bond motifs is 1. The molecule has 5 nitrogen and oxygen atoms in total. The molecule has 1 aromatic carbocycles. The minimum absolute atomic E-state index is 0.645. The Morgan fingerprint density at radius 3 is 2.65 bits per heavy atom. The first-order valence-corrected chi connectivity index (χ1v) is 11.3. The molecule has 1 saturated carbocycles. The van der Waals surface area contributed by atoms with Crippen molar-refractivity contribution in [3.8, 4) is 23.2 Å². The van der Waals surface area contributed by atoms with E-state index in [2.05, 4.69) is 46.4 Å². The Balaban J connectivity index is 1.44. The molecule has 3 aromatic heterocycles. The molecule has 1 aliphatic carbocycles. The first kappa shape index (κ1) is 19.7. The van der Waals surface area contributed by atoms with E-state index in [4.69, 9.17) is 9.97 Å². The van der Waals surface area contributed by atoms with Crippen LogP contribution in [0.1, 0.15) is 30.4 Å². The molecule has 154 valence electrons. The SMILES string of the molecule is OC1(C#Cc2csc3c(NCCCc4ccccc4)nc(-c4ccncc4)nc23)CC1. The van der Waals surface area contributed by atoms with E-state index in [1.54, 1.807) is 23.7 Å². The summed E-state index contributed by atoms with van der Waals surface area (Å²) in [5, 5.41) is 15.6. The highest BCUT2D eigenvalue weighted by Crippen LogP contribution is 2.35. The van der Waals surface area contributed by atoms with Crippen LogP contribution >= 0.6 is 11.3 Å². The second-order valence-corrected chi connectivity index (χ2v) is 8.64. The van der Waals surface area contributed by atoms with E-state index in [0.717, 1.165) is 59.4 Å². The van der Waals surface area contributed by atoms with Gasteiger partial charge in [0.1, 0.15) is 16.9 Å². The molecular weight excluding hydrogens is 404 g/mol. The predicted molar refractivity (Wildman–Crippen MR) is 125 cm³/mol. The molecule has 4 aromatic rings. The Hall–Kier alpha value is -3.27. The number of nitrogens with zero attached hydrogens (tertiary/aromatic N) is 3. The van der Waals surface area contributed by atoms with Gasteiger partial charge in [-0.2, -0.15) is 0 Å². The van der Waals surface area contributed by atoms with Gasteiger partial charge in [0, 0.05) is 29.9 Å². The maximum atomic E-state index is 10.1. The van der Waals surface area contributed by atoms with Crippen LogP contribution in [-0.2, 0) is 6.42 Å². The number of hydrogen-bond acceptors (Lipinski definition) is 6. The lowest BCUT2D eigenvalue weighted by Crippen LogP contribution is -2.06. The summed E-state index contributed by atoms with van der Waals surface area (Å²) < 4.78 is 0.990. The second kappa shape index (κ2) is 8.46. The minimum atomic E-state index is -0.812. The molecular formula is C25H22N4OS. The highest BCUT2D eigenvalue weighted by atomic mass is 32.1. The monoisotopic (exact) mass is 426 g/mol.